The number of hydrogen-bond acceptors (Lipinski definition) is 6. The molecule has 0 saturated carbocycles. The van der Waals surface area contributed by atoms with Crippen molar-refractivity contribution in [3.8, 4) is 0 Å². The number of hydrogen-bond donors (Lipinski definition) is 2. The van der Waals surface area contributed by atoms with Gasteiger partial charge in [-0.05, 0) is 23.1 Å². The molecule has 0 fully saturated rings. The molecule has 8 nitrogen and oxygen atoms in total. The van der Waals surface area contributed by atoms with Crippen LogP contribution in [0.2, 0.25) is 0 Å². The van der Waals surface area contributed by atoms with Gasteiger partial charge in [-0.1, -0.05) is 91.0 Å². The Morgan fingerprint density at radius 1 is 0.697 bits per heavy atom. The number of rotatable bonds is 10. The minimum Gasteiger partial charge on any atom is -0.460 e. The highest BCUT2D eigenvalue weighted by molar-refractivity contribution is 7.88. The largest absolute Gasteiger partial charge is 0.460 e. The van der Waals surface area contributed by atoms with E-state index in [-0.39, 0.29) is 19.6 Å². The molecule has 2 N–H and O–H groups in total. The first-order chi connectivity index (χ1) is 15.9. The van der Waals surface area contributed by atoms with E-state index in [4.69, 9.17) is 9.47 Å². The maximum Gasteiger partial charge on any atom is 0.422 e. The van der Waals surface area contributed by atoms with Crippen molar-refractivity contribution in [2.24, 2.45) is 0 Å². The van der Waals surface area contributed by atoms with Gasteiger partial charge in [-0.25, -0.2) is 9.52 Å². The number of benzene rings is 3. The summed E-state index contributed by atoms with van der Waals surface area (Å²) in [6.07, 6.45) is -1.13. The first-order valence-corrected chi connectivity index (χ1v) is 11.6. The quantitative estimate of drug-likeness (QED) is 0.443. The number of esters is 1. The lowest BCUT2D eigenvalue weighted by atomic mass is 10.1. The minimum atomic E-state index is -4.41. The van der Waals surface area contributed by atoms with Gasteiger partial charge in [-0.15, -0.1) is 0 Å². The van der Waals surface area contributed by atoms with Gasteiger partial charge in [0.2, 0.25) is 0 Å². The average molecular weight is 469 g/mol. The Kier molecular flexibility index (Phi) is 8.56. The van der Waals surface area contributed by atoms with Crippen LogP contribution in [-0.2, 0) is 44.1 Å². The van der Waals surface area contributed by atoms with E-state index in [2.05, 4.69) is 4.72 Å². The van der Waals surface area contributed by atoms with Crippen LogP contribution in [0.1, 0.15) is 16.7 Å². The third-order valence-corrected chi connectivity index (χ3v) is 5.55. The summed E-state index contributed by atoms with van der Waals surface area (Å²) < 4.78 is 39.2. The molecule has 172 valence electrons. The summed E-state index contributed by atoms with van der Waals surface area (Å²) in [6.45, 7) is -0.117. The van der Waals surface area contributed by atoms with Crippen LogP contribution in [0.3, 0.4) is 0 Å². The molecule has 0 aromatic heterocycles. The summed E-state index contributed by atoms with van der Waals surface area (Å²) in [5, 5.41) is 0. The molecule has 9 heteroatoms. The Morgan fingerprint density at radius 2 is 1.15 bits per heavy atom. The van der Waals surface area contributed by atoms with Crippen LogP contribution >= 0.6 is 0 Å². The highest BCUT2D eigenvalue weighted by Gasteiger charge is 2.28. The van der Waals surface area contributed by atoms with Crippen molar-refractivity contribution in [1.29, 1.82) is 0 Å². The molecule has 0 heterocycles. The summed E-state index contributed by atoms with van der Waals surface area (Å²) in [5.41, 5.74) is 2.17. The summed E-state index contributed by atoms with van der Waals surface area (Å²) >= 11 is 0. The molecule has 33 heavy (non-hydrogen) atoms. The molecular weight excluding hydrogens is 444 g/mol. The van der Waals surface area contributed by atoms with Crippen molar-refractivity contribution in [2.75, 3.05) is 0 Å². The molecule has 0 spiro atoms. The summed E-state index contributed by atoms with van der Waals surface area (Å²) in [6, 6.07) is 25.4. The summed E-state index contributed by atoms with van der Waals surface area (Å²) in [5.74, 6) is -0.772. The third kappa shape index (κ3) is 8.40. The van der Waals surface area contributed by atoms with Crippen LogP contribution in [0.4, 0.5) is 4.79 Å². The van der Waals surface area contributed by atoms with Crippen LogP contribution in [0.15, 0.2) is 91.0 Å². The van der Waals surface area contributed by atoms with Crippen molar-refractivity contribution in [2.45, 2.75) is 25.7 Å². The predicted molar refractivity (Wildman–Crippen MR) is 122 cm³/mol. The zero-order valence-corrected chi connectivity index (χ0v) is 18.5. The van der Waals surface area contributed by atoms with E-state index in [0.717, 1.165) is 5.56 Å². The first-order valence-electron chi connectivity index (χ1n) is 10.2. The Bertz CT molecular complexity index is 1140. The second kappa shape index (κ2) is 11.8. The van der Waals surface area contributed by atoms with E-state index in [1.165, 1.54) is 0 Å². The fourth-order valence-electron chi connectivity index (χ4n) is 2.93. The molecule has 0 saturated heterocycles. The van der Waals surface area contributed by atoms with Gasteiger partial charge < -0.3 is 9.47 Å². The van der Waals surface area contributed by atoms with Gasteiger partial charge in [-0.2, -0.15) is 13.1 Å². The van der Waals surface area contributed by atoms with Gasteiger partial charge in [0.15, 0.2) is 0 Å². The van der Waals surface area contributed by atoms with Crippen molar-refractivity contribution in [1.82, 2.24) is 9.44 Å². The van der Waals surface area contributed by atoms with Gasteiger partial charge in [-0.3, -0.25) is 4.79 Å². The van der Waals surface area contributed by atoms with Gasteiger partial charge in [0.1, 0.15) is 19.3 Å². The van der Waals surface area contributed by atoms with Crippen molar-refractivity contribution >= 4 is 22.3 Å². The molecule has 0 aliphatic rings. The first kappa shape index (κ1) is 24.0. The Morgan fingerprint density at radius 3 is 1.67 bits per heavy atom. The highest BCUT2D eigenvalue weighted by atomic mass is 32.2. The number of ether oxygens (including phenoxy) is 2. The van der Waals surface area contributed by atoms with E-state index in [9.17, 15) is 18.0 Å². The lowest BCUT2D eigenvalue weighted by Gasteiger charge is -2.18. The smallest absolute Gasteiger partial charge is 0.422 e. The highest BCUT2D eigenvalue weighted by Crippen LogP contribution is 2.08. The van der Waals surface area contributed by atoms with Crippen LogP contribution in [-0.4, -0.2) is 26.5 Å². The molecular formula is C24H24N2O6S. The second-order valence-electron chi connectivity index (χ2n) is 7.12. The van der Waals surface area contributed by atoms with Crippen LogP contribution in [0.25, 0.3) is 0 Å². The zero-order valence-electron chi connectivity index (χ0n) is 17.7. The molecule has 0 radical (unpaired) electrons. The molecule has 0 unspecified atom stereocenters. The fourth-order valence-corrected chi connectivity index (χ4v) is 3.82. The standard InChI is InChI=1S/C24H24N2O6S/c27-23(31-17-20-12-6-2-7-13-20)22(16-19-10-4-1-5-11-19)25-33(29,30)26-24(28)32-18-21-14-8-3-9-15-21/h1-15,22,25H,16-18H2,(H,26,28)/t22-/m0/s1. The molecule has 0 bridgehead atoms. The maximum atomic E-state index is 12.7. The van der Waals surface area contributed by atoms with Crippen molar-refractivity contribution in [3.63, 3.8) is 0 Å². The molecule has 0 aliphatic heterocycles. The molecule has 3 rings (SSSR count). The van der Waals surface area contributed by atoms with E-state index in [0.29, 0.717) is 11.1 Å². The lowest BCUT2D eigenvalue weighted by molar-refractivity contribution is -0.147. The lowest BCUT2D eigenvalue weighted by Crippen LogP contribution is -2.49. The molecule has 3 aromatic rings. The van der Waals surface area contributed by atoms with E-state index >= 15 is 0 Å². The minimum absolute atomic E-state index is 0.0146. The third-order valence-electron chi connectivity index (χ3n) is 4.52. The Labute approximate surface area is 192 Å². The van der Waals surface area contributed by atoms with Gasteiger partial charge in [0.25, 0.3) is 0 Å². The topological polar surface area (TPSA) is 111 Å². The number of amides is 1. The summed E-state index contributed by atoms with van der Waals surface area (Å²) in [4.78, 5) is 24.7. The Hall–Kier alpha value is -3.69. The van der Waals surface area contributed by atoms with Crippen molar-refractivity contribution in [3.05, 3.63) is 108 Å². The van der Waals surface area contributed by atoms with Crippen molar-refractivity contribution < 1.29 is 27.5 Å². The van der Waals surface area contributed by atoms with Gasteiger partial charge in [0.05, 0.1) is 0 Å². The van der Waals surface area contributed by atoms with Gasteiger partial charge >= 0.3 is 22.3 Å². The summed E-state index contributed by atoms with van der Waals surface area (Å²) in [7, 11) is -4.41. The zero-order chi connectivity index (χ0) is 23.5. The number of carbonyl (C=O) groups excluding carboxylic acids is 2. The molecule has 0 aliphatic carbocycles. The van der Waals surface area contributed by atoms with E-state index in [1.807, 2.05) is 12.1 Å². The molecule has 1 amide bonds. The predicted octanol–water partition coefficient (Wildman–Crippen LogP) is 3.10. The van der Waals surface area contributed by atoms with Gasteiger partial charge in [0, 0.05) is 0 Å². The van der Waals surface area contributed by atoms with Crippen LogP contribution in [0, 0.1) is 0 Å². The normalized spacial score (nSPS) is 11.9. The Balaban J connectivity index is 1.62. The number of carbonyl (C=O) groups is 2. The van der Waals surface area contributed by atoms with Crippen LogP contribution in [0.5, 0.6) is 0 Å². The number of nitrogens with one attached hydrogen (secondary N) is 2. The monoisotopic (exact) mass is 468 g/mol. The van der Waals surface area contributed by atoms with E-state index in [1.54, 1.807) is 83.6 Å². The average Bonchev–Trinajstić information content (AvgIpc) is 2.82. The second-order valence-corrected chi connectivity index (χ2v) is 8.57. The van der Waals surface area contributed by atoms with Crippen LogP contribution < -0.4 is 9.44 Å². The SMILES string of the molecule is O=C(NS(=O)(=O)N[C@@H](Cc1ccccc1)C(=O)OCc1ccccc1)OCc1ccccc1. The molecule has 3 aromatic carbocycles. The maximum absolute atomic E-state index is 12.7. The fraction of sp³-hybridized carbons (Fsp3) is 0.167. The molecule has 1 atom stereocenters. The van der Waals surface area contributed by atoms with E-state index < -0.39 is 28.3 Å².